The fourth-order valence-electron chi connectivity index (χ4n) is 6.08. The van der Waals surface area contributed by atoms with Gasteiger partial charge in [-0.15, -0.1) is 0 Å². The lowest BCUT2D eigenvalue weighted by Gasteiger charge is -2.60. The maximum atomic E-state index is 12.9. The highest BCUT2D eigenvalue weighted by molar-refractivity contribution is 5.98. The van der Waals surface area contributed by atoms with Crippen LogP contribution < -0.4 is 0 Å². The van der Waals surface area contributed by atoms with E-state index in [0.29, 0.717) is 11.5 Å². The molecule has 4 aliphatic rings. The van der Waals surface area contributed by atoms with Crippen molar-refractivity contribution in [3.05, 3.63) is 58.4 Å². The number of allylic oxidation sites excluding steroid dienone is 2. The smallest absolute Gasteiger partial charge is 0.340 e. The van der Waals surface area contributed by atoms with Gasteiger partial charge in [-0.2, -0.15) is 0 Å². The Morgan fingerprint density at radius 2 is 1.96 bits per heavy atom. The molecule has 4 atom stereocenters. The van der Waals surface area contributed by atoms with Gasteiger partial charge in [-0.25, -0.2) is 9.59 Å². The van der Waals surface area contributed by atoms with Crippen LogP contribution >= 0.6 is 0 Å². The maximum Gasteiger partial charge on any atom is 0.340 e. The van der Waals surface area contributed by atoms with Crippen molar-refractivity contribution in [2.75, 3.05) is 0 Å². The summed E-state index contributed by atoms with van der Waals surface area (Å²) in [4.78, 5) is 25.6. The summed E-state index contributed by atoms with van der Waals surface area (Å²) in [6.07, 6.45) is 7.90. The van der Waals surface area contributed by atoms with Gasteiger partial charge < -0.3 is 9.47 Å². The molecule has 146 valence electrons. The van der Waals surface area contributed by atoms with Crippen molar-refractivity contribution in [2.24, 2.45) is 17.8 Å². The largest absolute Gasteiger partial charge is 0.450 e. The zero-order valence-electron chi connectivity index (χ0n) is 16.5. The molecular formula is C24H26O4. The summed E-state index contributed by atoms with van der Waals surface area (Å²) < 4.78 is 11.8. The van der Waals surface area contributed by atoms with E-state index in [1.54, 1.807) is 0 Å². The Kier molecular flexibility index (Phi) is 4.01. The molecular weight excluding hydrogens is 352 g/mol. The molecule has 3 unspecified atom stereocenters. The number of benzene rings is 1. The van der Waals surface area contributed by atoms with E-state index in [4.69, 9.17) is 9.47 Å². The minimum atomic E-state index is -0.700. The summed E-state index contributed by atoms with van der Waals surface area (Å²) in [5.74, 6) is 0.807. The molecule has 0 N–H and O–H groups in total. The number of ether oxygens (including phenoxy) is 2. The van der Waals surface area contributed by atoms with Gasteiger partial charge in [-0.3, -0.25) is 0 Å². The van der Waals surface area contributed by atoms with Gasteiger partial charge in [0.25, 0.3) is 0 Å². The third-order valence-electron chi connectivity index (χ3n) is 7.09. The molecule has 1 fully saturated rings. The zero-order chi connectivity index (χ0) is 19.5. The second-order valence-electron chi connectivity index (χ2n) is 8.44. The Hall–Kier alpha value is -2.36. The Bertz CT molecular complexity index is 924. The van der Waals surface area contributed by atoms with E-state index in [9.17, 15) is 9.59 Å². The number of carbonyl (C=O) groups excluding carboxylic acids is 2. The van der Waals surface area contributed by atoms with Gasteiger partial charge in [0, 0.05) is 23.0 Å². The average molecular weight is 378 g/mol. The molecule has 28 heavy (non-hydrogen) atoms. The highest BCUT2D eigenvalue weighted by Gasteiger charge is 2.71. The highest BCUT2D eigenvalue weighted by atomic mass is 16.6. The first kappa shape index (κ1) is 17.7. The Labute approximate surface area is 165 Å². The van der Waals surface area contributed by atoms with E-state index in [2.05, 4.69) is 13.8 Å². The van der Waals surface area contributed by atoms with Gasteiger partial charge >= 0.3 is 11.9 Å². The Balaban J connectivity index is 1.65. The van der Waals surface area contributed by atoms with Crippen molar-refractivity contribution in [1.82, 2.24) is 0 Å². The number of cyclic esters (lactones) is 1. The summed E-state index contributed by atoms with van der Waals surface area (Å²) in [5, 5.41) is 0. The normalized spacial score (nSPS) is 34.1. The topological polar surface area (TPSA) is 52.6 Å². The quantitative estimate of drug-likeness (QED) is 0.688. The van der Waals surface area contributed by atoms with Crippen molar-refractivity contribution in [3.8, 4) is 0 Å². The van der Waals surface area contributed by atoms with Crippen LogP contribution in [-0.4, -0.2) is 11.9 Å². The molecule has 2 aliphatic carbocycles. The van der Waals surface area contributed by atoms with Gasteiger partial charge in [0.15, 0.2) is 0 Å². The number of unbranched alkanes of at least 4 members (excludes halogenated alkanes) is 1. The minimum absolute atomic E-state index is 0.0829. The number of hydrogen-bond acceptors (Lipinski definition) is 4. The summed E-state index contributed by atoms with van der Waals surface area (Å²) >= 11 is 0. The van der Waals surface area contributed by atoms with E-state index in [0.717, 1.165) is 61.0 Å². The van der Waals surface area contributed by atoms with E-state index in [1.165, 1.54) is 0 Å². The first-order valence-corrected chi connectivity index (χ1v) is 10.6. The van der Waals surface area contributed by atoms with Crippen molar-refractivity contribution < 1.29 is 19.1 Å². The molecule has 1 aromatic carbocycles. The van der Waals surface area contributed by atoms with Crippen LogP contribution in [0.2, 0.25) is 0 Å². The van der Waals surface area contributed by atoms with Gasteiger partial charge in [0.1, 0.15) is 11.4 Å². The molecule has 4 nitrogen and oxygen atoms in total. The number of hydrogen-bond donors (Lipinski definition) is 0. The van der Waals surface area contributed by atoms with Gasteiger partial charge in [-0.05, 0) is 43.7 Å². The molecule has 0 amide bonds. The molecule has 5 rings (SSSR count). The van der Waals surface area contributed by atoms with E-state index in [-0.39, 0.29) is 23.8 Å². The lowest BCUT2D eigenvalue weighted by molar-refractivity contribution is -0.195. The molecule has 0 radical (unpaired) electrons. The van der Waals surface area contributed by atoms with Crippen LogP contribution in [0.15, 0.2) is 47.2 Å². The Morgan fingerprint density at radius 1 is 1.14 bits per heavy atom. The molecule has 2 aliphatic heterocycles. The Morgan fingerprint density at radius 3 is 2.75 bits per heavy atom. The zero-order valence-corrected chi connectivity index (χ0v) is 16.5. The molecule has 0 saturated heterocycles. The van der Waals surface area contributed by atoms with Crippen molar-refractivity contribution >= 4 is 11.9 Å². The summed E-state index contributed by atoms with van der Waals surface area (Å²) in [6.45, 7) is 4.29. The van der Waals surface area contributed by atoms with Crippen molar-refractivity contribution in [1.29, 1.82) is 0 Å². The van der Waals surface area contributed by atoms with Crippen LogP contribution in [0.1, 0.15) is 68.3 Å². The fourth-order valence-corrected chi connectivity index (χ4v) is 6.08. The number of rotatable bonds is 4. The van der Waals surface area contributed by atoms with Gasteiger partial charge in [0.05, 0.1) is 11.1 Å². The predicted molar refractivity (Wildman–Crippen MR) is 104 cm³/mol. The van der Waals surface area contributed by atoms with E-state index < -0.39 is 5.60 Å². The summed E-state index contributed by atoms with van der Waals surface area (Å²) in [6, 6.07) is 7.71. The second-order valence-corrected chi connectivity index (χ2v) is 8.44. The molecule has 0 bridgehead atoms. The van der Waals surface area contributed by atoms with Crippen LogP contribution in [0, 0.1) is 17.8 Å². The molecule has 2 heterocycles. The van der Waals surface area contributed by atoms with Crippen LogP contribution in [-0.2, 0) is 19.9 Å². The highest BCUT2D eigenvalue weighted by Crippen LogP contribution is 2.69. The van der Waals surface area contributed by atoms with Crippen LogP contribution in [0.25, 0.3) is 0 Å². The first-order valence-electron chi connectivity index (χ1n) is 10.6. The summed E-state index contributed by atoms with van der Waals surface area (Å²) in [7, 11) is 0. The van der Waals surface area contributed by atoms with Crippen molar-refractivity contribution in [2.45, 2.75) is 58.0 Å². The molecule has 1 aromatic rings. The monoisotopic (exact) mass is 378 g/mol. The van der Waals surface area contributed by atoms with Crippen LogP contribution in [0.4, 0.5) is 0 Å². The predicted octanol–water partition coefficient (Wildman–Crippen LogP) is 5.05. The SMILES string of the molecule is CCC/C=C1\OC(=O)C2=C1CCC1C2C2(OC(=O)c3ccccc32)[C@@H]1CCC. The number of fused-ring (bicyclic) bond motifs is 5. The van der Waals surface area contributed by atoms with Gasteiger partial charge in [0.2, 0.25) is 0 Å². The molecule has 1 saturated carbocycles. The van der Waals surface area contributed by atoms with Crippen LogP contribution in [0.3, 0.4) is 0 Å². The van der Waals surface area contributed by atoms with E-state index in [1.807, 2.05) is 30.3 Å². The standard InChI is InChI=1S/C24H26O4/c1-3-5-11-19-16-13-12-14-17(8-4-2)24(21(14)20(16)23(26)27-19)18-10-7-6-9-15(18)22(25)28-24/h6-7,9-11,14,17,21H,3-5,8,12-13H2,1-2H3/b19-11-/t14?,17-,21?,24?/m1/s1. The lowest BCUT2D eigenvalue weighted by atomic mass is 9.45. The number of esters is 2. The fraction of sp³-hybridized carbons (Fsp3) is 0.500. The molecule has 1 spiro atoms. The third-order valence-corrected chi connectivity index (χ3v) is 7.09. The van der Waals surface area contributed by atoms with Crippen LogP contribution in [0.5, 0.6) is 0 Å². The number of carbonyl (C=O) groups is 2. The molecule has 4 heteroatoms. The maximum absolute atomic E-state index is 12.9. The van der Waals surface area contributed by atoms with Gasteiger partial charge in [-0.1, -0.05) is 44.9 Å². The first-order chi connectivity index (χ1) is 13.6. The third kappa shape index (κ3) is 2.12. The average Bonchev–Trinajstić information content (AvgIpc) is 3.19. The molecule has 0 aromatic heterocycles. The van der Waals surface area contributed by atoms with Crippen molar-refractivity contribution in [3.63, 3.8) is 0 Å². The van der Waals surface area contributed by atoms with E-state index >= 15 is 0 Å². The second kappa shape index (κ2) is 6.33. The summed E-state index contributed by atoms with van der Waals surface area (Å²) in [5.41, 5.74) is 2.74. The lowest BCUT2D eigenvalue weighted by Crippen LogP contribution is -2.62. The minimum Gasteiger partial charge on any atom is -0.450 e.